The molecule has 1 unspecified atom stereocenters. The number of pyridine rings is 1. The molecular weight excluding hydrogens is 317 g/mol. The molecule has 1 aromatic heterocycles. The zero-order valence-electron chi connectivity index (χ0n) is 10.9. The normalized spacial score (nSPS) is 12.2. The summed E-state index contributed by atoms with van der Waals surface area (Å²) >= 11 is 11.8. The first-order chi connectivity index (χ1) is 9.38. The number of halogens is 2. The predicted octanol–water partition coefficient (Wildman–Crippen LogP) is 3.76. The number of aromatic nitrogens is 1. The Labute approximate surface area is 129 Å². The molecule has 0 aliphatic rings. The molecule has 1 atom stereocenters. The van der Waals surface area contributed by atoms with Crippen molar-refractivity contribution in [1.82, 2.24) is 4.98 Å². The molecule has 106 valence electrons. The van der Waals surface area contributed by atoms with Crippen LogP contribution in [0, 0.1) is 6.92 Å². The fraction of sp³-hybridized carbons (Fsp3) is 0.154. The molecule has 0 aliphatic heterocycles. The van der Waals surface area contributed by atoms with Gasteiger partial charge in [0.15, 0.2) is 0 Å². The van der Waals surface area contributed by atoms with Gasteiger partial charge in [-0.3, -0.25) is 4.21 Å². The zero-order chi connectivity index (χ0) is 14.9. The van der Waals surface area contributed by atoms with E-state index in [0.29, 0.717) is 26.6 Å². The Morgan fingerprint density at radius 3 is 2.60 bits per heavy atom. The first-order valence-electron chi connectivity index (χ1n) is 5.71. The van der Waals surface area contributed by atoms with E-state index in [2.05, 4.69) is 10.3 Å². The van der Waals surface area contributed by atoms with E-state index in [0.717, 1.165) is 11.3 Å². The van der Waals surface area contributed by atoms with Crippen molar-refractivity contribution >= 4 is 51.2 Å². The van der Waals surface area contributed by atoms with E-state index >= 15 is 0 Å². The molecular formula is C13H13Cl2N3OS. The van der Waals surface area contributed by atoms with Crippen LogP contribution in [0.2, 0.25) is 10.2 Å². The van der Waals surface area contributed by atoms with Crippen LogP contribution in [0.25, 0.3) is 0 Å². The highest BCUT2D eigenvalue weighted by atomic mass is 35.5. The number of nitrogen functional groups attached to an aromatic ring is 1. The highest BCUT2D eigenvalue weighted by Crippen LogP contribution is 2.30. The Morgan fingerprint density at radius 2 is 1.95 bits per heavy atom. The molecule has 0 radical (unpaired) electrons. The van der Waals surface area contributed by atoms with Gasteiger partial charge in [0.2, 0.25) is 0 Å². The highest BCUT2D eigenvalue weighted by Gasteiger charge is 2.11. The Balaban J connectivity index is 2.48. The number of hydrogen-bond acceptors (Lipinski definition) is 4. The maximum Gasteiger partial charge on any atom is 0.133 e. The van der Waals surface area contributed by atoms with E-state index in [-0.39, 0.29) is 0 Å². The van der Waals surface area contributed by atoms with Gasteiger partial charge in [-0.1, -0.05) is 23.2 Å². The summed E-state index contributed by atoms with van der Waals surface area (Å²) in [6.45, 7) is 1.83. The van der Waals surface area contributed by atoms with Crippen molar-refractivity contribution in [2.45, 2.75) is 11.8 Å². The lowest BCUT2D eigenvalue weighted by molar-refractivity contribution is 0.687. The molecule has 1 heterocycles. The molecule has 0 amide bonds. The van der Waals surface area contributed by atoms with Gasteiger partial charge in [-0.15, -0.1) is 0 Å². The number of benzene rings is 1. The van der Waals surface area contributed by atoms with Crippen LogP contribution in [0.4, 0.5) is 17.2 Å². The first-order valence-corrected chi connectivity index (χ1v) is 8.02. The summed E-state index contributed by atoms with van der Waals surface area (Å²) in [5.74, 6) is 0.355. The summed E-state index contributed by atoms with van der Waals surface area (Å²) in [6, 6.07) is 6.83. The third kappa shape index (κ3) is 3.23. The number of nitrogens with zero attached hydrogens (tertiary/aromatic N) is 1. The Kier molecular flexibility index (Phi) is 4.52. The summed E-state index contributed by atoms with van der Waals surface area (Å²) < 4.78 is 11.8. The molecule has 0 spiro atoms. The zero-order valence-corrected chi connectivity index (χ0v) is 13.2. The third-order valence-electron chi connectivity index (χ3n) is 2.80. The molecule has 0 fully saturated rings. The Bertz CT molecular complexity index is 692. The Morgan fingerprint density at radius 1 is 1.25 bits per heavy atom. The standard InChI is InChI=1S/C13H13Cl2N3OS/c1-7-10(6-12(15)18-13(7)16)17-9-4-3-8(14)5-11(9)20(2)19/h3-6H,1-2H3,(H3,16,17,18). The van der Waals surface area contributed by atoms with Crippen molar-refractivity contribution in [1.29, 1.82) is 0 Å². The molecule has 2 aromatic rings. The SMILES string of the molecule is Cc1c(Nc2ccc(Cl)cc2S(C)=O)cc(Cl)nc1N. The van der Waals surface area contributed by atoms with Crippen LogP contribution < -0.4 is 11.1 Å². The highest BCUT2D eigenvalue weighted by molar-refractivity contribution is 7.84. The molecule has 1 aromatic carbocycles. The third-order valence-corrected chi connectivity index (χ3v) is 4.19. The number of hydrogen-bond donors (Lipinski definition) is 2. The van der Waals surface area contributed by atoms with E-state index in [4.69, 9.17) is 28.9 Å². The second-order valence-corrected chi connectivity index (χ2v) is 6.39. The van der Waals surface area contributed by atoms with Gasteiger partial charge in [0, 0.05) is 22.5 Å². The summed E-state index contributed by atoms with van der Waals surface area (Å²) in [5.41, 5.74) is 7.97. The van der Waals surface area contributed by atoms with Gasteiger partial charge in [-0.25, -0.2) is 4.98 Å². The molecule has 0 saturated carbocycles. The monoisotopic (exact) mass is 329 g/mol. The van der Waals surface area contributed by atoms with Crippen molar-refractivity contribution in [3.8, 4) is 0 Å². The van der Waals surface area contributed by atoms with Gasteiger partial charge < -0.3 is 11.1 Å². The van der Waals surface area contributed by atoms with E-state index in [9.17, 15) is 4.21 Å². The van der Waals surface area contributed by atoms with Gasteiger partial charge in [0.1, 0.15) is 11.0 Å². The second-order valence-electron chi connectivity index (χ2n) is 4.22. The van der Waals surface area contributed by atoms with E-state index in [1.807, 2.05) is 6.92 Å². The second kappa shape index (κ2) is 5.99. The van der Waals surface area contributed by atoms with Gasteiger partial charge in [0.05, 0.1) is 21.4 Å². The molecule has 0 aliphatic carbocycles. The average Bonchev–Trinajstić information content (AvgIpc) is 2.37. The van der Waals surface area contributed by atoms with Crippen LogP contribution >= 0.6 is 23.2 Å². The average molecular weight is 330 g/mol. The van der Waals surface area contributed by atoms with Crippen molar-refractivity contribution in [2.75, 3.05) is 17.3 Å². The maximum absolute atomic E-state index is 11.8. The number of nitrogens with two attached hydrogens (primary N) is 1. The number of rotatable bonds is 3. The van der Waals surface area contributed by atoms with Gasteiger partial charge in [-0.05, 0) is 31.2 Å². The van der Waals surface area contributed by atoms with Crippen LogP contribution in [-0.2, 0) is 10.8 Å². The largest absolute Gasteiger partial charge is 0.383 e. The predicted molar refractivity (Wildman–Crippen MR) is 85.5 cm³/mol. The van der Waals surface area contributed by atoms with Crippen LogP contribution in [0.15, 0.2) is 29.2 Å². The quantitative estimate of drug-likeness (QED) is 0.841. The van der Waals surface area contributed by atoms with Crippen LogP contribution in [0.3, 0.4) is 0 Å². The minimum absolute atomic E-state index is 0.295. The molecule has 0 saturated heterocycles. The van der Waals surface area contributed by atoms with Crippen molar-refractivity contribution in [3.63, 3.8) is 0 Å². The summed E-state index contributed by atoms with van der Waals surface area (Å²) in [6.07, 6.45) is 1.59. The van der Waals surface area contributed by atoms with Crippen LogP contribution in [0.1, 0.15) is 5.56 Å². The van der Waals surface area contributed by atoms with Crippen LogP contribution in [-0.4, -0.2) is 15.4 Å². The van der Waals surface area contributed by atoms with Gasteiger partial charge >= 0.3 is 0 Å². The van der Waals surface area contributed by atoms with E-state index in [1.165, 1.54) is 0 Å². The molecule has 0 bridgehead atoms. The molecule has 4 nitrogen and oxygen atoms in total. The topological polar surface area (TPSA) is 68.0 Å². The lowest BCUT2D eigenvalue weighted by atomic mass is 10.2. The Hall–Kier alpha value is -1.30. The minimum atomic E-state index is -1.17. The summed E-state index contributed by atoms with van der Waals surface area (Å²) in [7, 11) is -1.17. The maximum atomic E-state index is 11.8. The fourth-order valence-electron chi connectivity index (χ4n) is 1.71. The molecule has 7 heteroatoms. The molecule has 20 heavy (non-hydrogen) atoms. The lowest BCUT2D eigenvalue weighted by Gasteiger charge is -2.14. The first kappa shape index (κ1) is 15.1. The minimum Gasteiger partial charge on any atom is -0.383 e. The van der Waals surface area contributed by atoms with Crippen molar-refractivity contribution in [3.05, 3.63) is 40.0 Å². The van der Waals surface area contributed by atoms with Crippen LogP contribution in [0.5, 0.6) is 0 Å². The summed E-state index contributed by atoms with van der Waals surface area (Å²) in [5, 5.41) is 4.00. The lowest BCUT2D eigenvalue weighted by Crippen LogP contribution is -2.02. The van der Waals surface area contributed by atoms with Gasteiger partial charge in [-0.2, -0.15) is 0 Å². The molecule has 3 N–H and O–H groups in total. The van der Waals surface area contributed by atoms with Crippen molar-refractivity contribution in [2.24, 2.45) is 0 Å². The smallest absolute Gasteiger partial charge is 0.133 e. The molecule has 2 rings (SSSR count). The van der Waals surface area contributed by atoms with Gasteiger partial charge in [0.25, 0.3) is 0 Å². The number of anilines is 3. The van der Waals surface area contributed by atoms with E-state index < -0.39 is 10.8 Å². The van der Waals surface area contributed by atoms with E-state index in [1.54, 1.807) is 30.5 Å². The number of nitrogens with one attached hydrogen (secondary N) is 1. The fourth-order valence-corrected chi connectivity index (χ4v) is 2.87. The summed E-state index contributed by atoms with van der Waals surface area (Å²) in [4.78, 5) is 4.58. The van der Waals surface area contributed by atoms with Crippen molar-refractivity contribution < 1.29 is 4.21 Å².